The Morgan fingerprint density at radius 1 is 1.03 bits per heavy atom. The van der Waals surface area contributed by atoms with E-state index in [0.29, 0.717) is 10.7 Å². The van der Waals surface area contributed by atoms with Gasteiger partial charge in [-0.2, -0.15) is 0 Å². The molecule has 5 atom stereocenters. The molecule has 8 heteroatoms. The van der Waals surface area contributed by atoms with E-state index < -0.39 is 29.6 Å². The molecule has 7 nitrogen and oxygen atoms in total. The number of rotatable bonds is 5. The predicted octanol–water partition coefficient (Wildman–Crippen LogP) is 3.04. The van der Waals surface area contributed by atoms with E-state index in [-0.39, 0.29) is 29.8 Å². The minimum atomic E-state index is -1.08. The van der Waals surface area contributed by atoms with Gasteiger partial charge in [0.1, 0.15) is 11.6 Å². The van der Waals surface area contributed by atoms with Crippen LogP contribution in [0.4, 0.5) is 5.69 Å². The zero-order chi connectivity index (χ0) is 22.7. The molecule has 5 unspecified atom stereocenters. The quantitative estimate of drug-likeness (QED) is 0.649. The molecule has 0 aromatic heterocycles. The Labute approximate surface area is 197 Å². The molecule has 174 valence electrons. The molecule has 1 aromatic carbocycles. The van der Waals surface area contributed by atoms with Gasteiger partial charge in [0.25, 0.3) is 0 Å². The summed E-state index contributed by atoms with van der Waals surface area (Å²) in [5.41, 5.74) is -0.466. The van der Waals surface area contributed by atoms with Gasteiger partial charge < -0.3 is 20.3 Å². The van der Waals surface area contributed by atoms with Crippen LogP contribution in [-0.4, -0.2) is 52.5 Å². The summed E-state index contributed by atoms with van der Waals surface area (Å²) in [4.78, 5) is 42.4. The lowest BCUT2D eigenvalue weighted by molar-refractivity contribution is -0.142. The molecular weight excluding hydrogens is 442 g/mol. The SMILES string of the molecule is O=C(Nc1ccc(Cl)cc1)C1C2C=CC3(O2)C1C(=O)N(C1CC1)C3C(=O)NC1CCCCC1. The average Bonchev–Trinajstić information content (AvgIpc) is 3.40. The Morgan fingerprint density at radius 2 is 1.76 bits per heavy atom. The number of halogens is 1. The molecule has 4 fully saturated rings. The highest BCUT2D eigenvalue weighted by molar-refractivity contribution is 6.30. The van der Waals surface area contributed by atoms with Crippen LogP contribution in [0.5, 0.6) is 0 Å². The standard InChI is InChI=1S/C25H28ClN3O4/c26-14-6-8-16(9-7-14)27-22(30)19-18-12-13-25(33-18)20(19)24(32)29(17-10-11-17)21(25)23(31)28-15-4-2-1-3-5-15/h6-9,12-13,15,17-21H,1-5,10-11H2,(H,27,30)(H,28,31). The van der Waals surface area contributed by atoms with Crippen LogP contribution in [0.2, 0.25) is 5.02 Å². The van der Waals surface area contributed by atoms with Crippen LogP contribution in [0.1, 0.15) is 44.9 Å². The third kappa shape index (κ3) is 3.39. The number of nitrogens with one attached hydrogen (secondary N) is 2. The Kier molecular flexibility index (Phi) is 5.03. The molecule has 2 saturated carbocycles. The van der Waals surface area contributed by atoms with Gasteiger partial charge in [0.05, 0.1) is 17.9 Å². The lowest BCUT2D eigenvalue weighted by Crippen LogP contribution is -2.57. The van der Waals surface area contributed by atoms with Crippen LogP contribution in [0.3, 0.4) is 0 Å². The predicted molar refractivity (Wildman–Crippen MR) is 122 cm³/mol. The van der Waals surface area contributed by atoms with Gasteiger partial charge in [-0.1, -0.05) is 43.0 Å². The number of ether oxygens (including phenoxy) is 1. The van der Waals surface area contributed by atoms with Crippen LogP contribution in [0, 0.1) is 11.8 Å². The lowest BCUT2D eigenvalue weighted by Gasteiger charge is -2.34. The van der Waals surface area contributed by atoms with Crippen molar-refractivity contribution in [3.8, 4) is 0 Å². The molecule has 0 radical (unpaired) electrons. The largest absolute Gasteiger partial charge is 0.359 e. The van der Waals surface area contributed by atoms with Gasteiger partial charge in [-0.25, -0.2) is 0 Å². The van der Waals surface area contributed by atoms with Crippen molar-refractivity contribution in [2.45, 2.75) is 74.8 Å². The summed E-state index contributed by atoms with van der Waals surface area (Å²) in [5, 5.41) is 6.71. The summed E-state index contributed by atoms with van der Waals surface area (Å²) in [5.74, 6) is -1.91. The van der Waals surface area contributed by atoms with Crippen molar-refractivity contribution in [1.82, 2.24) is 10.2 Å². The normalized spacial score (nSPS) is 35.1. The number of hydrogen-bond acceptors (Lipinski definition) is 4. The first-order valence-electron chi connectivity index (χ1n) is 12.0. The number of benzene rings is 1. The van der Waals surface area contributed by atoms with Gasteiger partial charge in [0.2, 0.25) is 17.7 Å². The number of amides is 3. The highest BCUT2D eigenvalue weighted by Gasteiger charge is 2.74. The number of nitrogens with zero attached hydrogens (tertiary/aromatic N) is 1. The molecule has 1 aromatic rings. The van der Waals surface area contributed by atoms with E-state index in [0.717, 1.165) is 38.5 Å². The molecule has 1 spiro atoms. The number of hydrogen-bond donors (Lipinski definition) is 2. The highest BCUT2D eigenvalue weighted by atomic mass is 35.5. The fourth-order valence-corrected chi connectivity index (χ4v) is 6.36. The second-order valence-electron chi connectivity index (χ2n) is 10.0. The molecule has 6 rings (SSSR count). The molecule has 2 bridgehead atoms. The van der Waals surface area contributed by atoms with Crippen LogP contribution in [-0.2, 0) is 19.1 Å². The minimum Gasteiger partial charge on any atom is -0.359 e. The highest BCUT2D eigenvalue weighted by Crippen LogP contribution is 2.57. The van der Waals surface area contributed by atoms with Gasteiger partial charge >= 0.3 is 0 Å². The monoisotopic (exact) mass is 469 g/mol. The Hall–Kier alpha value is -2.38. The number of fused-ring (bicyclic) bond motifs is 1. The van der Waals surface area contributed by atoms with Crippen molar-refractivity contribution >= 4 is 35.0 Å². The van der Waals surface area contributed by atoms with Crippen molar-refractivity contribution < 1.29 is 19.1 Å². The van der Waals surface area contributed by atoms with E-state index in [4.69, 9.17) is 16.3 Å². The molecule has 2 aliphatic carbocycles. The van der Waals surface area contributed by atoms with Crippen molar-refractivity contribution in [3.63, 3.8) is 0 Å². The van der Waals surface area contributed by atoms with Crippen LogP contribution in [0.15, 0.2) is 36.4 Å². The number of carbonyl (C=O) groups excluding carboxylic acids is 3. The summed E-state index contributed by atoms with van der Waals surface area (Å²) in [6.45, 7) is 0. The van der Waals surface area contributed by atoms with Crippen molar-refractivity contribution in [3.05, 3.63) is 41.4 Å². The van der Waals surface area contributed by atoms with Crippen molar-refractivity contribution in [2.75, 3.05) is 5.32 Å². The van der Waals surface area contributed by atoms with Crippen LogP contribution in [0.25, 0.3) is 0 Å². The first-order chi connectivity index (χ1) is 16.0. The smallest absolute Gasteiger partial charge is 0.246 e. The summed E-state index contributed by atoms with van der Waals surface area (Å²) in [6, 6.07) is 6.34. The molecular formula is C25H28ClN3O4. The second kappa shape index (κ2) is 7.84. The third-order valence-electron chi connectivity index (χ3n) is 7.87. The molecule has 2 saturated heterocycles. The maximum absolute atomic E-state index is 13.7. The van der Waals surface area contributed by atoms with Crippen molar-refractivity contribution in [1.29, 1.82) is 0 Å². The topological polar surface area (TPSA) is 87.7 Å². The molecule has 3 heterocycles. The Morgan fingerprint density at radius 3 is 2.45 bits per heavy atom. The Balaban J connectivity index is 1.29. The zero-order valence-electron chi connectivity index (χ0n) is 18.3. The average molecular weight is 470 g/mol. The van der Waals surface area contributed by atoms with Gasteiger partial charge in [-0.05, 0) is 49.9 Å². The van der Waals surface area contributed by atoms with Gasteiger partial charge in [0, 0.05) is 22.8 Å². The van der Waals surface area contributed by atoms with E-state index in [2.05, 4.69) is 10.6 Å². The van der Waals surface area contributed by atoms with Crippen molar-refractivity contribution in [2.24, 2.45) is 11.8 Å². The molecule has 3 amide bonds. The Bertz CT molecular complexity index is 1020. The first-order valence-corrected chi connectivity index (χ1v) is 12.4. The van der Waals surface area contributed by atoms with E-state index in [1.807, 2.05) is 12.2 Å². The van der Waals surface area contributed by atoms with Gasteiger partial charge in [0.15, 0.2) is 0 Å². The maximum atomic E-state index is 13.7. The van der Waals surface area contributed by atoms with Gasteiger partial charge in [-0.3, -0.25) is 14.4 Å². The van der Waals surface area contributed by atoms with Gasteiger partial charge in [-0.15, -0.1) is 0 Å². The van der Waals surface area contributed by atoms with E-state index in [9.17, 15) is 14.4 Å². The summed E-state index contributed by atoms with van der Waals surface area (Å²) < 4.78 is 6.36. The lowest BCUT2D eigenvalue weighted by atomic mass is 9.74. The fourth-order valence-electron chi connectivity index (χ4n) is 6.24. The number of carbonyl (C=O) groups is 3. The zero-order valence-corrected chi connectivity index (χ0v) is 19.1. The van der Waals surface area contributed by atoms with E-state index >= 15 is 0 Å². The van der Waals surface area contributed by atoms with Crippen LogP contribution < -0.4 is 10.6 Å². The molecule has 3 aliphatic heterocycles. The van der Waals surface area contributed by atoms with E-state index in [1.54, 1.807) is 29.2 Å². The molecule has 33 heavy (non-hydrogen) atoms. The van der Waals surface area contributed by atoms with E-state index in [1.165, 1.54) is 6.42 Å². The minimum absolute atomic E-state index is 0.0515. The number of anilines is 1. The summed E-state index contributed by atoms with van der Waals surface area (Å²) >= 11 is 5.96. The second-order valence-corrected chi connectivity index (χ2v) is 10.5. The summed E-state index contributed by atoms with van der Waals surface area (Å²) in [6.07, 6.45) is 10.3. The summed E-state index contributed by atoms with van der Waals surface area (Å²) in [7, 11) is 0. The van der Waals surface area contributed by atoms with Crippen LogP contribution >= 0.6 is 11.6 Å². The first kappa shape index (κ1) is 21.2. The molecule has 5 aliphatic rings. The maximum Gasteiger partial charge on any atom is 0.246 e. The third-order valence-corrected chi connectivity index (χ3v) is 8.12. The molecule has 2 N–H and O–H groups in total. The number of likely N-dealkylation sites (tertiary alicyclic amines) is 1. The fraction of sp³-hybridized carbons (Fsp3) is 0.560.